The quantitative estimate of drug-likeness (QED) is 0.428. The number of benzene rings is 2. The molecule has 4 rings (SSSR count). The van der Waals surface area contributed by atoms with Gasteiger partial charge in [-0.15, -0.1) is 0 Å². The Balaban J connectivity index is 1.30. The van der Waals surface area contributed by atoms with Crippen molar-refractivity contribution < 1.29 is 23.0 Å². The van der Waals surface area contributed by atoms with Gasteiger partial charge in [0.15, 0.2) is 11.6 Å². The summed E-state index contributed by atoms with van der Waals surface area (Å²) < 4.78 is 49.5. The van der Waals surface area contributed by atoms with Crippen molar-refractivity contribution >= 4 is 0 Å². The standard InChI is InChI=1S/C29H37F3O2/c1-2-34-18-23-10-7-20(17-27(23)30)4-3-19-5-8-21(9-6-19)25-15-16-26(29(32)28(25)31)22-11-13-24(33)14-12-22/h7,10,15-17,19,21-22,24,33H,2-6,8-9,11-14,18H2,1H3. The number of rotatable bonds is 8. The molecule has 1 N–H and O–H groups in total. The van der Waals surface area contributed by atoms with Gasteiger partial charge in [0.05, 0.1) is 12.7 Å². The molecule has 0 amide bonds. The van der Waals surface area contributed by atoms with Crippen LogP contribution in [0.2, 0.25) is 0 Å². The van der Waals surface area contributed by atoms with Crippen LogP contribution in [-0.2, 0) is 17.8 Å². The fourth-order valence-electron chi connectivity index (χ4n) is 5.81. The molecule has 2 nitrogen and oxygen atoms in total. The van der Waals surface area contributed by atoms with Crippen molar-refractivity contribution in [1.29, 1.82) is 0 Å². The van der Waals surface area contributed by atoms with Crippen LogP contribution in [0, 0.1) is 23.4 Å². The van der Waals surface area contributed by atoms with E-state index >= 15 is 4.39 Å². The maximum absolute atomic E-state index is 15.0. The third kappa shape index (κ3) is 6.04. The van der Waals surface area contributed by atoms with Crippen LogP contribution in [0.25, 0.3) is 0 Å². The normalized spacial score (nSPS) is 25.4. The van der Waals surface area contributed by atoms with E-state index in [1.165, 1.54) is 0 Å². The molecule has 5 heteroatoms. The first-order valence-electron chi connectivity index (χ1n) is 13.0. The van der Waals surface area contributed by atoms with Crippen LogP contribution in [0.5, 0.6) is 0 Å². The van der Waals surface area contributed by atoms with E-state index in [-0.39, 0.29) is 23.8 Å². The summed E-state index contributed by atoms with van der Waals surface area (Å²) in [6.45, 7) is 2.76. The molecule has 2 aliphatic rings. The van der Waals surface area contributed by atoms with Crippen LogP contribution in [-0.4, -0.2) is 17.8 Å². The average Bonchev–Trinajstić information content (AvgIpc) is 2.85. The van der Waals surface area contributed by atoms with Crippen molar-refractivity contribution in [1.82, 2.24) is 0 Å². The van der Waals surface area contributed by atoms with Crippen LogP contribution in [0.3, 0.4) is 0 Å². The lowest BCUT2D eigenvalue weighted by Crippen LogP contribution is -2.19. The van der Waals surface area contributed by atoms with Gasteiger partial charge in [-0.05, 0) is 112 Å². The average molecular weight is 475 g/mol. The number of halogens is 3. The molecule has 34 heavy (non-hydrogen) atoms. The molecule has 186 valence electrons. The number of ether oxygens (including phenoxy) is 1. The molecule has 2 aromatic rings. The first-order chi connectivity index (χ1) is 16.5. The van der Waals surface area contributed by atoms with Gasteiger partial charge in [-0.2, -0.15) is 0 Å². The highest BCUT2D eigenvalue weighted by Gasteiger charge is 2.29. The Kier molecular flexibility index (Phi) is 8.70. The minimum Gasteiger partial charge on any atom is -0.393 e. The van der Waals surface area contributed by atoms with Crippen molar-refractivity contribution in [3.63, 3.8) is 0 Å². The lowest BCUT2D eigenvalue weighted by atomic mass is 9.76. The number of aryl methyl sites for hydroxylation is 1. The van der Waals surface area contributed by atoms with E-state index in [2.05, 4.69) is 0 Å². The molecule has 2 fully saturated rings. The predicted molar refractivity (Wildman–Crippen MR) is 128 cm³/mol. The maximum Gasteiger partial charge on any atom is 0.162 e. The van der Waals surface area contributed by atoms with Gasteiger partial charge in [-0.25, -0.2) is 13.2 Å². The van der Waals surface area contributed by atoms with Gasteiger partial charge in [0, 0.05) is 12.2 Å². The third-order valence-corrected chi connectivity index (χ3v) is 7.99. The van der Waals surface area contributed by atoms with Gasteiger partial charge >= 0.3 is 0 Å². The Bertz CT molecular complexity index is 945. The third-order valence-electron chi connectivity index (χ3n) is 7.99. The second-order valence-corrected chi connectivity index (χ2v) is 10.2. The van der Waals surface area contributed by atoms with Gasteiger partial charge in [-0.1, -0.05) is 24.3 Å². The Hall–Kier alpha value is -1.85. The molecule has 0 atom stereocenters. The summed E-state index contributed by atoms with van der Waals surface area (Å²) in [6.07, 6.45) is 7.92. The zero-order valence-electron chi connectivity index (χ0n) is 20.2. The molecule has 0 heterocycles. The number of hydrogen-bond donors (Lipinski definition) is 1. The van der Waals surface area contributed by atoms with E-state index in [4.69, 9.17) is 4.74 Å². The Labute approximate surface area is 201 Å². The number of aliphatic hydroxyl groups is 1. The fraction of sp³-hybridized carbons (Fsp3) is 0.586. The molecule has 2 aliphatic carbocycles. The van der Waals surface area contributed by atoms with E-state index in [9.17, 15) is 13.9 Å². The van der Waals surface area contributed by atoms with E-state index in [1.54, 1.807) is 18.2 Å². The molecule has 2 aromatic carbocycles. The van der Waals surface area contributed by atoms with Gasteiger partial charge in [0.1, 0.15) is 5.82 Å². The second kappa shape index (κ2) is 11.7. The molecule has 0 bridgehead atoms. The monoisotopic (exact) mass is 474 g/mol. The van der Waals surface area contributed by atoms with Crippen molar-refractivity contribution in [2.75, 3.05) is 6.61 Å². The van der Waals surface area contributed by atoms with Crippen molar-refractivity contribution in [3.05, 3.63) is 70.0 Å². The van der Waals surface area contributed by atoms with E-state index in [0.717, 1.165) is 44.1 Å². The summed E-state index contributed by atoms with van der Waals surface area (Å²) in [4.78, 5) is 0. The molecule has 2 saturated carbocycles. The first kappa shape index (κ1) is 25.2. The van der Waals surface area contributed by atoms with Crippen molar-refractivity contribution in [2.45, 2.75) is 95.7 Å². The minimum absolute atomic E-state index is 0.000703. The van der Waals surface area contributed by atoms with E-state index in [1.807, 2.05) is 19.1 Å². The molecule has 0 radical (unpaired) electrons. The summed E-state index contributed by atoms with van der Waals surface area (Å²) in [6, 6.07) is 9.00. The summed E-state index contributed by atoms with van der Waals surface area (Å²) >= 11 is 0. The Morgan fingerprint density at radius 1 is 0.824 bits per heavy atom. The van der Waals surface area contributed by atoms with Crippen LogP contribution < -0.4 is 0 Å². The summed E-state index contributed by atoms with van der Waals surface area (Å²) in [7, 11) is 0. The molecular formula is C29H37F3O2. The first-order valence-corrected chi connectivity index (χ1v) is 13.0. The van der Waals surface area contributed by atoms with E-state index in [0.29, 0.717) is 61.5 Å². The van der Waals surface area contributed by atoms with Gasteiger partial charge in [0.25, 0.3) is 0 Å². The smallest absolute Gasteiger partial charge is 0.162 e. The zero-order chi connectivity index (χ0) is 24.1. The second-order valence-electron chi connectivity index (χ2n) is 10.2. The molecular weight excluding hydrogens is 437 g/mol. The van der Waals surface area contributed by atoms with Crippen LogP contribution in [0.15, 0.2) is 30.3 Å². The molecule has 0 spiro atoms. The molecule has 0 saturated heterocycles. The van der Waals surface area contributed by atoms with Crippen LogP contribution in [0.1, 0.15) is 98.8 Å². The number of hydrogen-bond acceptors (Lipinski definition) is 2. The van der Waals surface area contributed by atoms with Gasteiger partial charge in [0.2, 0.25) is 0 Å². The lowest BCUT2D eigenvalue weighted by molar-refractivity contribution is 0.122. The molecule has 0 unspecified atom stereocenters. The molecule has 0 aromatic heterocycles. The number of aliphatic hydroxyl groups excluding tert-OH is 1. The van der Waals surface area contributed by atoms with Crippen molar-refractivity contribution in [3.8, 4) is 0 Å². The zero-order valence-corrected chi connectivity index (χ0v) is 20.2. The largest absolute Gasteiger partial charge is 0.393 e. The maximum atomic E-state index is 15.0. The van der Waals surface area contributed by atoms with Gasteiger partial charge < -0.3 is 9.84 Å². The van der Waals surface area contributed by atoms with Crippen molar-refractivity contribution in [2.24, 2.45) is 5.92 Å². The minimum atomic E-state index is -0.684. The van der Waals surface area contributed by atoms with Crippen LogP contribution >= 0.6 is 0 Å². The predicted octanol–water partition coefficient (Wildman–Crippen LogP) is 7.57. The lowest BCUT2D eigenvalue weighted by Gasteiger charge is -2.30. The molecule has 0 aliphatic heterocycles. The summed E-state index contributed by atoms with van der Waals surface area (Å²) in [5, 5.41) is 9.70. The topological polar surface area (TPSA) is 29.5 Å². The highest BCUT2D eigenvalue weighted by Crippen LogP contribution is 2.41. The Morgan fingerprint density at radius 3 is 1.97 bits per heavy atom. The van der Waals surface area contributed by atoms with E-state index < -0.39 is 11.6 Å². The summed E-state index contributed by atoms with van der Waals surface area (Å²) in [5.74, 6) is -0.974. The summed E-state index contributed by atoms with van der Waals surface area (Å²) in [5.41, 5.74) is 2.58. The van der Waals surface area contributed by atoms with Crippen LogP contribution in [0.4, 0.5) is 13.2 Å². The fourth-order valence-corrected chi connectivity index (χ4v) is 5.81. The van der Waals surface area contributed by atoms with Gasteiger partial charge in [-0.3, -0.25) is 0 Å². The Morgan fingerprint density at radius 2 is 1.41 bits per heavy atom. The highest BCUT2D eigenvalue weighted by atomic mass is 19.2. The SMILES string of the molecule is CCOCc1ccc(CCC2CCC(c3ccc(C4CCC(O)CC4)c(F)c3F)CC2)cc1F. The highest BCUT2D eigenvalue weighted by molar-refractivity contribution is 5.32.